The van der Waals surface area contributed by atoms with E-state index < -0.39 is 0 Å². The van der Waals surface area contributed by atoms with Gasteiger partial charge in [0.1, 0.15) is 0 Å². The molecule has 2 nitrogen and oxygen atoms in total. The predicted molar refractivity (Wildman–Crippen MR) is 78.2 cm³/mol. The summed E-state index contributed by atoms with van der Waals surface area (Å²) in [6.07, 6.45) is 3.80. The largest absolute Gasteiger partial charge is 0.316 e. The Balaban J connectivity index is 1.62. The summed E-state index contributed by atoms with van der Waals surface area (Å²) < 4.78 is 0. The van der Waals surface area contributed by atoms with E-state index in [1.165, 1.54) is 31.5 Å². The molecule has 1 heterocycles. The van der Waals surface area contributed by atoms with Crippen molar-refractivity contribution >= 4 is 11.6 Å². The van der Waals surface area contributed by atoms with Crippen LogP contribution < -0.4 is 5.32 Å². The number of halogens is 1. The molecule has 0 aromatic heterocycles. The average molecular weight is 267 g/mol. The number of benzene rings is 1. The molecular weight excluding hydrogens is 244 g/mol. The Morgan fingerprint density at radius 2 is 2.11 bits per heavy atom. The molecule has 1 aliphatic heterocycles. The monoisotopic (exact) mass is 266 g/mol. The molecule has 0 amide bonds. The van der Waals surface area contributed by atoms with E-state index >= 15 is 0 Å². The van der Waals surface area contributed by atoms with Crippen LogP contribution in [0.15, 0.2) is 24.3 Å². The Bertz CT molecular complexity index is 350. The van der Waals surface area contributed by atoms with Crippen molar-refractivity contribution in [1.82, 2.24) is 10.2 Å². The van der Waals surface area contributed by atoms with Crippen LogP contribution in [0.5, 0.6) is 0 Å². The third-order valence-electron chi connectivity index (χ3n) is 3.66. The standard InChI is InChI=1S/C15H23ClN2/c1-18-10-2-3-14(12-18)11-17-9-8-13-4-6-15(16)7-5-13/h4-7,14,17H,2-3,8-12H2,1H3. The summed E-state index contributed by atoms with van der Waals surface area (Å²) in [5.74, 6) is 0.828. The van der Waals surface area contributed by atoms with Crippen molar-refractivity contribution in [3.63, 3.8) is 0 Å². The Kier molecular flexibility index (Phi) is 5.48. The third-order valence-corrected chi connectivity index (χ3v) is 3.91. The molecule has 1 fully saturated rings. The van der Waals surface area contributed by atoms with Crippen LogP contribution >= 0.6 is 11.6 Å². The maximum atomic E-state index is 5.87. The Morgan fingerprint density at radius 1 is 1.33 bits per heavy atom. The minimum Gasteiger partial charge on any atom is -0.316 e. The quantitative estimate of drug-likeness (QED) is 0.825. The number of rotatable bonds is 5. The van der Waals surface area contributed by atoms with Gasteiger partial charge in [-0.1, -0.05) is 23.7 Å². The first kappa shape index (κ1) is 13.9. The third kappa shape index (κ3) is 4.60. The number of hydrogen-bond acceptors (Lipinski definition) is 2. The average Bonchev–Trinajstić information content (AvgIpc) is 2.37. The molecule has 0 bridgehead atoms. The Morgan fingerprint density at radius 3 is 2.83 bits per heavy atom. The molecule has 1 aliphatic rings. The number of likely N-dealkylation sites (tertiary alicyclic amines) is 1. The lowest BCUT2D eigenvalue weighted by Gasteiger charge is -2.29. The second-order valence-corrected chi connectivity index (χ2v) is 5.79. The summed E-state index contributed by atoms with van der Waals surface area (Å²) in [6.45, 7) is 4.72. The molecule has 1 saturated heterocycles. The molecule has 1 N–H and O–H groups in total. The van der Waals surface area contributed by atoms with E-state index in [2.05, 4.69) is 29.4 Å². The fourth-order valence-electron chi connectivity index (χ4n) is 2.63. The first-order valence-corrected chi connectivity index (χ1v) is 7.25. The van der Waals surface area contributed by atoms with Crippen LogP contribution in [-0.2, 0) is 6.42 Å². The molecular formula is C15H23ClN2. The molecule has 1 unspecified atom stereocenters. The Hall–Kier alpha value is -0.570. The highest BCUT2D eigenvalue weighted by Crippen LogP contribution is 2.14. The molecule has 0 radical (unpaired) electrons. The van der Waals surface area contributed by atoms with Crippen molar-refractivity contribution in [2.75, 3.05) is 33.2 Å². The highest BCUT2D eigenvalue weighted by Gasteiger charge is 2.16. The maximum Gasteiger partial charge on any atom is 0.0406 e. The minimum absolute atomic E-state index is 0.817. The lowest BCUT2D eigenvalue weighted by Crippen LogP contribution is -2.37. The van der Waals surface area contributed by atoms with Gasteiger partial charge in [-0.15, -0.1) is 0 Å². The highest BCUT2D eigenvalue weighted by atomic mass is 35.5. The maximum absolute atomic E-state index is 5.87. The van der Waals surface area contributed by atoms with Gasteiger partial charge >= 0.3 is 0 Å². The van der Waals surface area contributed by atoms with Crippen molar-refractivity contribution in [3.05, 3.63) is 34.9 Å². The zero-order valence-electron chi connectivity index (χ0n) is 11.2. The van der Waals surface area contributed by atoms with E-state index in [0.717, 1.165) is 30.5 Å². The minimum atomic E-state index is 0.817. The smallest absolute Gasteiger partial charge is 0.0406 e. The predicted octanol–water partition coefficient (Wildman–Crippen LogP) is 2.81. The van der Waals surface area contributed by atoms with Crippen LogP contribution in [0.4, 0.5) is 0 Å². The summed E-state index contributed by atoms with van der Waals surface area (Å²) in [5.41, 5.74) is 1.35. The zero-order valence-corrected chi connectivity index (χ0v) is 11.9. The molecule has 0 saturated carbocycles. The molecule has 100 valence electrons. The van der Waals surface area contributed by atoms with E-state index in [9.17, 15) is 0 Å². The van der Waals surface area contributed by atoms with Gasteiger partial charge < -0.3 is 10.2 Å². The lowest BCUT2D eigenvalue weighted by molar-refractivity contribution is 0.206. The number of nitrogens with zero attached hydrogens (tertiary/aromatic N) is 1. The van der Waals surface area contributed by atoms with Crippen LogP contribution in [-0.4, -0.2) is 38.1 Å². The van der Waals surface area contributed by atoms with Gasteiger partial charge in [0.05, 0.1) is 0 Å². The summed E-state index contributed by atoms with van der Waals surface area (Å²) in [5, 5.41) is 4.40. The lowest BCUT2D eigenvalue weighted by atomic mass is 9.98. The first-order valence-electron chi connectivity index (χ1n) is 6.88. The van der Waals surface area contributed by atoms with Gasteiger partial charge in [0, 0.05) is 11.6 Å². The summed E-state index contributed by atoms with van der Waals surface area (Å²) in [4.78, 5) is 2.44. The van der Waals surface area contributed by atoms with Crippen molar-refractivity contribution in [1.29, 1.82) is 0 Å². The topological polar surface area (TPSA) is 15.3 Å². The van der Waals surface area contributed by atoms with Crippen LogP contribution in [0.3, 0.4) is 0 Å². The molecule has 0 spiro atoms. The van der Waals surface area contributed by atoms with Gasteiger partial charge in [-0.3, -0.25) is 0 Å². The van der Waals surface area contributed by atoms with Gasteiger partial charge in [0.2, 0.25) is 0 Å². The highest BCUT2D eigenvalue weighted by molar-refractivity contribution is 6.30. The molecule has 2 rings (SSSR count). The number of piperidine rings is 1. The molecule has 1 aromatic rings. The van der Waals surface area contributed by atoms with Crippen molar-refractivity contribution < 1.29 is 0 Å². The Labute approximate surface area is 115 Å². The summed E-state index contributed by atoms with van der Waals surface area (Å²) in [7, 11) is 2.22. The molecule has 1 aromatic carbocycles. The van der Waals surface area contributed by atoms with E-state index in [4.69, 9.17) is 11.6 Å². The van der Waals surface area contributed by atoms with Gasteiger partial charge in [-0.05, 0) is 69.6 Å². The van der Waals surface area contributed by atoms with Crippen molar-refractivity contribution in [3.8, 4) is 0 Å². The molecule has 0 aliphatic carbocycles. The zero-order chi connectivity index (χ0) is 12.8. The SMILES string of the molecule is CN1CCCC(CNCCc2ccc(Cl)cc2)C1. The summed E-state index contributed by atoms with van der Waals surface area (Å²) in [6, 6.07) is 8.15. The van der Waals surface area contributed by atoms with E-state index in [1.807, 2.05) is 12.1 Å². The number of hydrogen-bond donors (Lipinski definition) is 1. The van der Waals surface area contributed by atoms with E-state index in [-0.39, 0.29) is 0 Å². The second kappa shape index (κ2) is 7.13. The van der Waals surface area contributed by atoms with E-state index in [0.29, 0.717) is 0 Å². The van der Waals surface area contributed by atoms with Gasteiger partial charge in [-0.25, -0.2) is 0 Å². The van der Waals surface area contributed by atoms with Crippen LogP contribution in [0.2, 0.25) is 5.02 Å². The van der Waals surface area contributed by atoms with Crippen molar-refractivity contribution in [2.45, 2.75) is 19.3 Å². The normalized spacial score (nSPS) is 21.1. The first-order chi connectivity index (χ1) is 8.74. The van der Waals surface area contributed by atoms with Crippen LogP contribution in [0.25, 0.3) is 0 Å². The fraction of sp³-hybridized carbons (Fsp3) is 0.600. The van der Waals surface area contributed by atoms with Gasteiger partial charge in [0.25, 0.3) is 0 Å². The summed E-state index contributed by atoms with van der Waals surface area (Å²) >= 11 is 5.87. The van der Waals surface area contributed by atoms with Crippen molar-refractivity contribution in [2.24, 2.45) is 5.92 Å². The van der Waals surface area contributed by atoms with Crippen LogP contribution in [0, 0.1) is 5.92 Å². The fourth-order valence-corrected chi connectivity index (χ4v) is 2.76. The number of nitrogens with one attached hydrogen (secondary N) is 1. The van der Waals surface area contributed by atoms with Crippen LogP contribution in [0.1, 0.15) is 18.4 Å². The van der Waals surface area contributed by atoms with Gasteiger partial charge in [-0.2, -0.15) is 0 Å². The second-order valence-electron chi connectivity index (χ2n) is 5.35. The molecule has 3 heteroatoms. The van der Waals surface area contributed by atoms with Gasteiger partial charge in [0.15, 0.2) is 0 Å². The molecule has 18 heavy (non-hydrogen) atoms. The van der Waals surface area contributed by atoms with E-state index in [1.54, 1.807) is 0 Å². The molecule has 1 atom stereocenters.